The summed E-state index contributed by atoms with van der Waals surface area (Å²) in [5.41, 5.74) is 5.68. The van der Waals surface area contributed by atoms with Crippen molar-refractivity contribution in [3.05, 3.63) is 29.2 Å². The van der Waals surface area contributed by atoms with Gasteiger partial charge in [-0.2, -0.15) is 9.36 Å². The molecule has 0 spiro atoms. The molecule has 15 heteroatoms. The van der Waals surface area contributed by atoms with Crippen LogP contribution in [0.5, 0.6) is 0 Å². The number of aromatic nitrogens is 2. The number of quaternary nitrogens is 1. The standard InChI is InChI=1S/C20H26N8O5S2/c1-28(8-5-22-6-9-28)7-3-4-11-10-34-18-13(17(30)27(18)14(11)19(31)32)23-16(29)12(25-33-2)15-24-20(21)35-26-15/h3-4,13,18,22H,5-10H2,1-2H3,(H3-,21,23,24,26,29,31,32)/b4-3+,25-12-/t13-,18+/m1/s1. The summed E-state index contributed by atoms with van der Waals surface area (Å²) in [6, 6.07) is -0.948. The maximum Gasteiger partial charge on any atom is 0.278 e. The number of nitrogens with two attached hydrogens (primary N) is 1. The lowest BCUT2D eigenvalue weighted by atomic mass is 10.0. The molecule has 0 aromatic carbocycles. The number of β-lactam (4-membered cyclic amide) rings is 1. The SMILES string of the molecule is CO/N=C(\C(=O)N[C@@H]1C(=O)N2C(C(=O)[O-])=C(/C=C/C[N+]3(C)CCNCC3)CS[C@@H]12)c1nsc(N)n1. The predicted octanol–water partition coefficient (Wildman–Crippen LogP) is -2.52. The summed E-state index contributed by atoms with van der Waals surface area (Å²) in [7, 11) is 3.42. The number of carboxylic acids is 1. The maximum atomic E-state index is 12.9. The van der Waals surface area contributed by atoms with Gasteiger partial charge in [-0.25, -0.2) is 0 Å². The van der Waals surface area contributed by atoms with Gasteiger partial charge in [0.2, 0.25) is 11.5 Å². The van der Waals surface area contributed by atoms with Gasteiger partial charge in [0.25, 0.3) is 11.8 Å². The van der Waals surface area contributed by atoms with Crippen molar-refractivity contribution < 1.29 is 28.8 Å². The van der Waals surface area contributed by atoms with Crippen molar-refractivity contribution in [3.8, 4) is 0 Å². The van der Waals surface area contributed by atoms with E-state index in [2.05, 4.69) is 32.2 Å². The van der Waals surface area contributed by atoms with Gasteiger partial charge in [-0.1, -0.05) is 11.2 Å². The van der Waals surface area contributed by atoms with E-state index in [1.807, 2.05) is 6.08 Å². The van der Waals surface area contributed by atoms with E-state index in [-0.39, 0.29) is 22.4 Å². The first kappa shape index (κ1) is 25.1. The van der Waals surface area contributed by atoms with Crippen LogP contribution in [0.1, 0.15) is 5.82 Å². The largest absolute Gasteiger partial charge is 0.543 e. The van der Waals surface area contributed by atoms with Crippen LogP contribution in [-0.4, -0.2) is 106 Å². The van der Waals surface area contributed by atoms with Crippen molar-refractivity contribution >= 4 is 51.9 Å². The number of fused-ring (bicyclic) bond motifs is 1. The third kappa shape index (κ3) is 5.17. The molecule has 2 saturated heterocycles. The highest BCUT2D eigenvalue weighted by Gasteiger charge is 2.53. The number of allylic oxidation sites excluding steroid dienone is 1. The van der Waals surface area contributed by atoms with Crippen LogP contribution >= 0.6 is 23.3 Å². The fourth-order valence-electron chi connectivity index (χ4n) is 4.14. The fraction of sp³-hybridized carbons (Fsp3) is 0.500. The monoisotopic (exact) mass is 522 g/mol. The summed E-state index contributed by atoms with van der Waals surface area (Å²) in [6.07, 6.45) is 3.72. The Morgan fingerprint density at radius 1 is 1.43 bits per heavy atom. The Morgan fingerprint density at radius 3 is 2.80 bits per heavy atom. The van der Waals surface area contributed by atoms with Gasteiger partial charge in [0.05, 0.1) is 38.3 Å². The third-order valence-corrected chi connectivity index (χ3v) is 7.90. The lowest BCUT2D eigenvalue weighted by Crippen LogP contribution is -2.71. The molecule has 4 rings (SSSR count). The fourth-order valence-corrected chi connectivity index (χ4v) is 5.90. The average molecular weight is 523 g/mol. The average Bonchev–Trinajstić information content (AvgIpc) is 3.26. The number of hydrogen-bond acceptors (Lipinski definition) is 12. The maximum absolute atomic E-state index is 12.9. The minimum absolute atomic E-state index is 0.0321. The first-order valence-corrected chi connectivity index (χ1v) is 12.7. The van der Waals surface area contributed by atoms with Gasteiger partial charge in [0.15, 0.2) is 5.13 Å². The molecule has 4 heterocycles. The minimum Gasteiger partial charge on any atom is -0.543 e. The van der Waals surface area contributed by atoms with Gasteiger partial charge in [-0.15, -0.1) is 11.8 Å². The van der Waals surface area contributed by atoms with E-state index in [9.17, 15) is 19.5 Å². The minimum atomic E-state index is -1.43. The molecule has 35 heavy (non-hydrogen) atoms. The predicted molar refractivity (Wildman–Crippen MR) is 128 cm³/mol. The summed E-state index contributed by atoms with van der Waals surface area (Å²) < 4.78 is 4.80. The number of nitrogen functional groups attached to an aromatic ring is 1. The van der Waals surface area contributed by atoms with Crippen LogP contribution in [0, 0.1) is 0 Å². The van der Waals surface area contributed by atoms with E-state index in [1.165, 1.54) is 23.8 Å². The summed E-state index contributed by atoms with van der Waals surface area (Å²) >= 11 is 2.25. The first-order valence-electron chi connectivity index (χ1n) is 10.9. The Kier molecular flexibility index (Phi) is 7.39. The number of amides is 2. The first-order chi connectivity index (χ1) is 16.7. The van der Waals surface area contributed by atoms with E-state index in [0.29, 0.717) is 11.3 Å². The van der Waals surface area contributed by atoms with Crippen LogP contribution in [0.25, 0.3) is 0 Å². The summed E-state index contributed by atoms with van der Waals surface area (Å²) in [5, 5.41) is 21.1. The molecule has 0 radical (unpaired) electrons. The number of oxime groups is 1. The summed E-state index contributed by atoms with van der Waals surface area (Å²) in [6.45, 7) is 4.59. The van der Waals surface area contributed by atoms with Crippen LogP contribution in [-0.2, 0) is 19.2 Å². The Balaban J connectivity index is 1.47. The van der Waals surface area contributed by atoms with Crippen LogP contribution in [0.4, 0.5) is 5.13 Å². The van der Waals surface area contributed by atoms with E-state index in [4.69, 9.17) is 10.6 Å². The molecule has 2 fully saturated rings. The second-order valence-corrected chi connectivity index (χ2v) is 10.4. The van der Waals surface area contributed by atoms with Crippen molar-refractivity contribution in [2.45, 2.75) is 11.4 Å². The normalized spacial score (nSPS) is 24.2. The quantitative estimate of drug-likeness (QED) is 0.143. The van der Waals surface area contributed by atoms with E-state index < -0.39 is 29.2 Å². The number of hydrogen-bond donors (Lipinski definition) is 3. The number of anilines is 1. The number of carboxylic acid groups (broad SMARTS) is 1. The summed E-state index contributed by atoms with van der Waals surface area (Å²) in [4.78, 5) is 47.5. The van der Waals surface area contributed by atoms with Crippen molar-refractivity contribution in [2.24, 2.45) is 5.16 Å². The van der Waals surface area contributed by atoms with Gasteiger partial charge in [-0.05, 0) is 11.6 Å². The molecule has 188 valence electrons. The molecular weight excluding hydrogens is 496 g/mol. The number of rotatable bonds is 8. The van der Waals surface area contributed by atoms with Gasteiger partial charge in [0.1, 0.15) is 18.5 Å². The van der Waals surface area contributed by atoms with Crippen molar-refractivity contribution in [2.75, 3.05) is 58.4 Å². The molecule has 13 nitrogen and oxygen atoms in total. The van der Waals surface area contributed by atoms with Gasteiger partial charge >= 0.3 is 0 Å². The molecular formula is C20H26N8O5S2. The summed E-state index contributed by atoms with van der Waals surface area (Å²) in [5.74, 6) is -2.39. The van der Waals surface area contributed by atoms with Crippen LogP contribution < -0.4 is 21.5 Å². The highest BCUT2D eigenvalue weighted by atomic mass is 32.2. The van der Waals surface area contributed by atoms with Gasteiger partial charge in [-0.3, -0.25) is 14.5 Å². The highest BCUT2D eigenvalue weighted by molar-refractivity contribution is 8.00. The van der Waals surface area contributed by atoms with Crippen LogP contribution in [0.3, 0.4) is 0 Å². The van der Waals surface area contributed by atoms with Crippen LogP contribution in [0.2, 0.25) is 0 Å². The zero-order valence-electron chi connectivity index (χ0n) is 19.2. The number of thioether (sulfide) groups is 1. The molecule has 0 bridgehead atoms. The lowest BCUT2D eigenvalue weighted by molar-refractivity contribution is -0.905. The van der Waals surface area contributed by atoms with E-state index >= 15 is 0 Å². The molecule has 4 N–H and O–H groups in total. The molecule has 2 amide bonds. The Bertz CT molecular complexity index is 1110. The molecule has 0 unspecified atom stereocenters. The Hall–Kier alpha value is -3.01. The smallest absolute Gasteiger partial charge is 0.278 e. The van der Waals surface area contributed by atoms with Crippen molar-refractivity contribution in [3.63, 3.8) is 0 Å². The van der Waals surface area contributed by atoms with E-state index in [1.54, 1.807) is 6.08 Å². The zero-order valence-corrected chi connectivity index (χ0v) is 20.9. The van der Waals surface area contributed by atoms with Crippen molar-refractivity contribution in [1.82, 2.24) is 24.9 Å². The number of piperazine rings is 1. The molecule has 1 aromatic heterocycles. The van der Waals surface area contributed by atoms with Gasteiger partial charge < -0.3 is 35.6 Å². The number of aliphatic carboxylic acids is 1. The molecule has 3 aliphatic heterocycles. The van der Waals surface area contributed by atoms with Gasteiger partial charge in [0, 0.05) is 30.4 Å². The zero-order chi connectivity index (χ0) is 25.2. The number of nitrogens with zero attached hydrogens (tertiary/aromatic N) is 5. The number of likely N-dealkylation sites (N-methyl/N-ethyl adjacent to an activating group) is 1. The second-order valence-electron chi connectivity index (χ2n) is 8.50. The number of carbonyl (C=O) groups excluding carboxylic acids is 3. The highest BCUT2D eigenvalue weighted by Crippen LogP contribution is 2.40. The van der Waals surface area contributed by atoms with Crippen molar-refractivity contribution in [1.29, 1.82) is 0 Å². The number of nitrogens with one attached hydrogen (secondary N) is 2. The Morgan fingerprint density at radius 2 is 2.17 bits per heavy atom. The molecule has 2 atom stereocenters. The van der Waals surface area contributed by atoms with E-state index in [0.717, 1.165) is 48.7 Å². The molecule has 0 saturated carbocycles. The molecule has 1 aromatic rings. The Labute approximate surface area is 209 Å². The molecule has 3 aliphatic rings. The second kappa shape index (κ2) is 10.3. The number of carbonyl (C=O) groups is 3. The molecule has 0 aliphatic carbocycles. The third-order valence-electron chi connectivity index (χ3n) is 6.05. The van der Waals surface area contributed by atoms with Crippen LogP contribution in [0.15, 0.2) is 28.6 Å². The lowest BCUT2D eigenvalue weighted by Gasteiger charge is -2.50. The topological polar surface area (TPSA) is 175 Å².